The Balaban J connectivity index is 3.11. The fourth-order valence-corrected chi connectivity index (χ4v) is 8.20. The van der Waals surface area contributed by atoms with Gasteiger partial charge in [0, 0.05) is 113 Å². The van der Waals surface area contributed by atoms with Crippen LogP contribution in [0.1, 0.15) is 145 Å². The number of ketones is 2. The second kappa shape index (κ2) is 30.1. The number of nitrogens with two attached hydrogens (primary N) is 2. The summed E-state index contributed by atoms with van der Waals surface area (Å²) >= 11 is 0. The SMILES string of the molecule is CCCCNC(=O)C(CC(=O)NCCNCCN)CC(C)(C)C(=O)CC(CC(C)(C)C(=O)C(CC)CC(=O)NCC1CCC(CCCC)CC1)C(=O)NCCNCCN. The number of rotatable bonds is 34. The molecule has 1 fully saturated rings. The number of hydrogen-bond donors (Lipinski definition) is 8. The van der Waals surface area contributed by atoms with Gasteiger partial charge in [0.2, 0.25) is 23.6 Å². The molecular weight excluding hydrogens is 749 g/mol. The van der Waals surface area contributed by atoms with Gasteiger partial charge < -0.3 is 43.4 Å². The van der Waals surface area contributed by atoms with E-state index in [0.29, 0.717) is 77.8 Å². The molecule has 59 heavy (non-hydrogen) atoms. The van der Waals surface area contributed by atoms with Crippen LogP contribution in [0.3, 0.4) is 0 Å². The van der Waals surface area contributed by atoms with Gasteiger partial charge in [0.1, 0.15) is 11.6 Å². The van der Waals surface area contributed by atoms with E-state index in [1.165, 1.54) is 32.1 Å². The Morgan fingerprint density at radius 1 is 0.559 bits per heavy atom. The zero-order valence-electron chi connectivity index (χ0n) is 38.2. The number of unbranched alkanes of at least 4 members (excludes halogenated alkanes) is 2. The highest BCUT2D eigenvalue weighted by Gasteiger charge is 2.41. The molecule has 0 radical (unpaired) electrons. The Kier molecular flexibility index (Phi) is 27.6. The van der Waals surface area contributed by atoms with E-state index in [0.717, 1.165) is 31.6 Å². The van der Waals surface area contributed by atoms with Gasteiger partial charge in [0.05, 0.1) is 0 Å². The van der Waals surface area contributed by atoms with Crippen LogP contribution >= 0.6 is 0 Å². The quantitative estimate of drug-likeness (QED) is 0.0439. The first-order valence-electron chi connectivity index (χ1n) is 23.0. The molecule has 10 N–H and O–H groups in total. The van der Waals surface area contributed by atoms with Gasteiger partial charge in [-0.3, -0.25) is 28.8 Å². The van der Waals surface area contributed by atoms with Crippen LogP contribution < -0.4 is 43.4 Å². The van der Waals surface area contributed by atoms with Gasteiger partial charge in [0.25, 0.3) is 0 Å². The molecule has 342 valence electrons. The Labute approximate surface area is 357 Å². The Hall–Kier alpha value is -2.94. The predicted molar refractivity (Wildman–Crippen MR) is 237 cm³/mol. The Morgan fingerprint density at radius 2 is 1.05 bits per heavy atom. The number of amides is 4. The van der Waals surface area contributed by atoms with Gasteiger partial charge >= 0.3 is 0 Å². The molecule has 0 heterocycles. The molecule has 0 bridgehead atoms. The van der Waals surface area contributed by atoms with Gasteiger partial charge in [0.15, 0.2) is 0 Å². The minimum atomic E-state index is -1.07. The van der Waals surface area contributed by atoms with E-state index in [4.69, 9.17) is 11.5 Å². The minimum absolute atomic E-state index is 0.0831. The molecule has 1 aliphatic rings. The Bertz CT molecular complexity index is 1250. The molecule has 3 atom stereocenters. The van der Waals surface area contributed by atoms with Crippen molar-refractivity contribution in [1.29, 1.82) is 0 Å². The van der Waals surface area contributed by atoms with Crippen molar-refractivity contribution >= 4 is 35.2 Å². The average Bonchev–Trinajstić information content (AvgIpc) is 3.20. The topological polar surface area (TPSA) is 227 Å². The molecule has 14 heteroatoms. The zero-order valence-corrected chi connectivity index (χ0v) is 38.2. The van der Waals surface area contributed by atoms with Gasteiger partial charge in [-0.2, -0.15) is 0 Å². The van der Waals surface area contributed by atoms with Crippen molar-refractivity contribution in [2.45, 2.75) is 145 Å². The van der Waals surface area contributed by atoms with E-state index in [2.05, 4.69) is 38.8 Å². The van der Waals surface area contributed by atoms with Crippen molar-refractivity contribution in [3.8, 4) is 0 Å². The van der Waals surface area contributed by atoms with Gasteiger partial charge in [-0.15, -0.1) is 0 Å². The smallest absolute Gasteiger partial charge is 0.223 e. The van der Waals surface area contributed by atoms with Crippen molar-refractivity contribution in [3.63, 3.8) is 0 Å². The van der Waals surface area contributed by atoms with Crippen molar-refractivity contribution in [1.82, 2.24) is 31.9 Å². The summed E-state index contributed by atoms with van der Waals surface area (Å²) < 4.78 is 0. The zero-order chi connectivity index (χ0) is 44.3. The van der Waals surface area contributed by atoms with E-state index in [-0.39, 0.29) is 67.3 Å². The number of carbonyl (C=O) groups is 6. The molecule has 0 aromatic heterocycles. The third kappa shape index (κ3) is 22.5. The van der Waals surface area contributed by atoms with Crippen molar-refractivity contribution in [2.24, 2.45) is 51.9 Å². The molecule has 3 unspecified atom stereocenters. The molecule has 0 saturated heterocycles. The molecule has 1 saturated carbocycles. The molecule has 0 aromatic carbocycles. The molecule has 14 nitrogen and oxygen atoms in total. The van der Waals surface area contributed by atoms with E-state index >= 15 is 0 Å². The van der Waals surface area contributed by atoms with E-state index in [1.807, 2.05) is 13.8 Å². The number of hydrogen-bond acceptors (Lipinski definition) is 10. The molecule has 0 aliphatic heterocycles. The van der Waals surface area contributed by atoms with Crippen LogP contribution in [-0.2, 0) is 28.8 Å². The summed E-state index contributed by atoms with van der Waals surface area (Å²) in [6, 6.07) is 0. The highest BCUT2D eigenvalue weighted by atomic mass is 16.2. The average molecular weight is 835 g/mol. The molecule has 1 rings (SSSR count). The summed E-state index contributed by atoms with van der Waals surface area (Å²) in [6.45, 7) is 18.2. The maximum absolute atomic E-state index is 14.2. The highest BCUT2D eigenvalue weighted by Crippen LogP contribution is 2.37. The van der Waals surface area contributed by atoms with Crippen molar-refractivity contribution in [2.75, 3.05) is 65.4 Å². The fraction of sp³-hybridized carbons (Fsp3) is 0.867. The normalized spacial score (nSPS) is 17.4. The van der Waals surface area contributed by atoms with Crippen molar-refractivity contribution in [3.05, 3.63) is 0 Å². The van der Waals surface area contributed by atoms with Crippen LogP contribution in [0.5, 0.6) is 0 Å². The first kappa shape index (κ1) is 54.1. The molecule has 0 spiro atoms. The van der Waals surface area contributed by atoms with Gasteiger partial charge in [-0.05, 0) is 50.4 Å². The summed E-state index contributed by atoms with van der Waals surface area (Å²) in [7, 11) is 0. The molecule has 0 aromatic rings. The highest BCUT2D eigenvalue weighted by molar-refractivity contribution is 5.93. The fourth-order valence-electron chi connectivity index (χ4n) is 8.20. The third-order valence-electron chi connectivity index (χ3n) is 12.1. The lowest BCUT2D eigenvalue weighted by Gasteiger charge is -2.33. The van der Waals surface area contributed by atoms with Gasteiger partial charge in [-0.25, -0.2) is 0 Å². The summed E-state index contributed by atoms with van der Waals surface area (Å²) in [5, 5.41) is 18.1. The summed E-state index contributed by atoms with van der Waals surface area (Å²) in [6.07, 6.45) is 10.7. The molecule has 1 aliphatic carbocycles. The third-order valence-corrected chi connectivity index (χ3v) is 12.1. The summed E-state index contributed by atoms with van der Waals surface area (Å²) in [5.74, 6) is -2.24. The van der Waals surface area contributed by atoms with E-state index in [9.17, 15) is 28.8 Å². The Morgan fingerprint density at radius 3 is 1.61 bits per heavy atom. The lowest BCUT2D eigenvalue weighted by atomic mass is 9.70. The summed E-state index contributed by atoms with van der Waals surface area (Å²) in [5.41, 5.74) is 9.04. The lowest BCUT2D eigenvalue weighted by molar-refractivity contribution is -0.140. The maximum Gasteiger partial charge on any atom is 0.223 e. The predicted octanol–water partition coefficient (Wildman–Crippen LogP) is 3.74. The second-order valence-electron chi connectivity index (χ2n) is 18.3. The van der Waals surface area contributed by atoms with Crippen LogP contribution in [0, 0.1) is 40.4 Å². The monoisotopic (exact) mass is 835 g/mol. The number of nitrogens with one attached hydrogen (secondary N) is 6. The summed E-state index contributed by atoms with van der Waals surface area (Å²) in [4.78, 5) is 81.8. The number of carbonyl (C=O) groups excluding carboxylic acids is 6. The van der Waals surface area contributed by atoms with Crippen LogP contribution in [0.2, 0.25) is 0 Å². The van der Waals surface area contributed by atoms with Crippen LogP contribution in [-0.4, -0.2) is 101 Å². The van der Waals surface area contributed by atoms with Crippen LogP contribution in [0.25, 0.3) is 0 Å². The standard InChI is InChI=1S/C45H86N8O6/c1-8-11-13-33-14-16-34(17-15-33)32-53-40(56)28-35(10-3)41(57)45(6,7)31-36(42(58)52-26-24-49-22-19-47)27-38(54)44(4,5)30-37(43(59)51-20-12-9-2)29-39(55)50-25-23-48-21-18-46/h33-37,48-49H,8-32,46-47H2,1-7H3,(H,50,55)(H,51,59)(H,52,58)(H,53,56). The first-order valence-corrected chi connectivity index (χ1v) is 23.0. The maximum atomic E-state index is 14.2. The van der Waals surface area contributed by atoms with E-state index < -0.39 is 28.6 Å². The lowest BCUT2D eigenvalue weighted by Crippen LogP contribution is -2.43. The molecule has 4 amide bonds. The molecular formula is C45H86N8O6. The largest absolute Gasteiger partial charge is 0.356 e. The first-order chi connectivity index (χ1) is 28.0. The van der Waals surface area contributed by atoms with E-state index in [1.54, 1.807) is 27.7 Å². The van der Waals surface area contributed by atoms with Crippen molar-refractivity contribution < 1.29 is 28.8 Å². The number of Topliss-reactive ketones (excluding diaryl/α,β-unsaturated/α-hetero) is 2. The van der Waals surface area contributed by atoms with Crippen LogP contribution in [0.4, 0.5) is 0 Å². The minimum Gasteiger partial charge on any atom is -0.356 e. The second-order valence-corrected chi connectivity index (χ2v) is 18.3. The van der Waals surface area contributed by atoms with Crippen LogP contribution in [0.15, 0.2) is 0 Å². The van der Waals surface area contributed by atoms with Gasteiger partial charge in [-0.1, -0.05) is 87.0 Å².